The van der Waals surface area contributed by atoms with E-state index in [1.807, 2.05) is 12.1 Å². The van der Waals surface area contributed by atoms with Crippen molar-refractivity contribution in [2.75, 3.05) is 6.54 Å². The van der Waals surface area contributed by atoms with Crippen molar-refractivity contribution in [3.05, 3.63) is 34.3 Å². The monoisotopic (exact) mass is 267 g/mol. The molecule has 1 aromatic carbocycles. The first kappa shape index (κ1) is 10.7. The summed E-state index contributed by atoms with van der Waals surface area (Å²) in [4.78, 5) is 11.5. The highest BCUT2D eigenvalue weighted by Gasteiger charge is 2.21. The Morgan fingerprint density at radius 1 is 1.33 bits per heavy atom. The van der Waals surface area contributed by atoms with Crippen molar-refractivity contribution < 1.29 is 4.79 Å². The van der Waals surface area contributed by atoms with E-state index in [1.54, 1.807) is 0 Å². The summed E-state index contributed by atoms with van der Waals surface area (Å²) in [5.41, 5.74) is 1.24. The molecule has 0 aliphatic carbocycles. The number of piperidine rings is 1. The number of halogens is 1. The molecule has 2 rings (SSSR count). The molecule has 0 radical (unpaired) electrons. The SMILES string of the molecule is O=C1NCCCC1Cc1ccc(Br)cc1. The first-order chi connectivity index (χ1) is 7.25. The molecule has 0 saturated carbocycles. The van der Waals surface area contributed by atoms with Crippen molar-refractivity contribution >= 4 is 21.8 Å². The fourth-order valence-corrected chi connectivity index (χ4v) is 2.20. The summed E-state index contributed by atoms with van der Waals surface area (Å²) in [7, 11) is 0. The Morgan fingerprint density at radius 2 is 2.07 bits per heavy atom. The van der Waals surface area contributed by atoms with Crippen LogP contribution in [0, 0.1) is 5.92 Å². The Kier molecular flexibility index (Phi) is 3.41. The molecule has 3 heteroatoms. The fraction of sp³-hybridized carbons (Fsp3) is 0.417. The van der Waals surface area contributed by atoms with Gasteiger partial charge < -0.3 is 5.32 Å². The Morgan fingerprint density at radius 3 is 2.73 bits per heavy atom. The first-order valence-corrected chi connectivity index (χ1v) is 6.07. The normalized spacial score (nSPS) is 21.1. The third kappa shape index (κ3) is 2.81. The molecule has 15 heavy (non-hydrogen) atoms. The van der Waals surface area contributed by atoms with Gasteiger partial charge in [0, 0.05) is 16.9 Å². The molecule has 1 amide bonds. The molecule has 80 valence electrons. The molecule has 1 saturated heterocycles. The van der Waals surface area contributed by atoms with Crippen molar-refractivity contribution in [2.45, 2.75) is 19.3 Å². The molecule has 0 bridgehead atoms. The summed E-state index contributed by atoms with van der Waals surface area (Å²) in [6.07, 6.45) is 2.98. The van der Waals surface area contributed by atoms with Crippen molar-refractivity contribution in [3.63, 3.8) is 0 Å². The molecule has 1 aliphatic rings. The minimum atomic E-state index is 0.167. The van der Waals surface area contributed by atoms with Gasteiger partial charge in [-0.2, -0.15) is 0 Å². The maximum absolute atomic E-state index is 11.5. The van der Waals surface area contributed by atoms with Gasteiger partial charge in [-0.05, 0) is 37.0 Å². The van der Waals surface area contributed by atoms with Crippen molar-refractivity contribution in [1.29, 1.82) is 0 Å². The summed E-state index contributed by atoms with van der Waals surface area (Å²) >= 11 is 3.40. The van der Waals surface area contributed by atoms with Gasteiger partial charge in [0.25, 0.3) is 0 Å². The van der Waals surface area contributed by atoms with Gasteiger partial charge in [-0.25, -0.2) is 0 Å². The Hall–Kier alpha value is -0.830. The van der Waals surface area contributed by atoms with Gasteiger partial charge in [0.1, 0.15) is 0 Å². The molecule has 1 fully saturated rings. The topological polar surface area (TPSA) is 29.1 Å². The summed E-state index contributed by atoms with van der Waals surface area (Å²) in [5, 5.41) is 2.92. The Labute approximate surface area is 98.2 Å². The zero-order chi connectivity index (χ0) is 10.7. The highest BCUT2D eigenvalue weighted by molar-refractivity contribution is 9.10. The predicted octanol–water partition coefficient (Wildman–Crippen LogP) is 2.52. The summed E-state index contributed by atoms with van der Waals surface area (Å²) in [5.74, 6) is 0.379. The number of benzene rings is 1. The number of rotatable bonds is 2. The number of carbonyl (C=O) groups excluding carboxylic acids is 1. The van der Waals surface area contributed by atoms with E-state index in [4.69, 9.17) is 0 Å². The largest absolute Gasteiger partial charge is 0.356 e. The Balaban J connectivity index is 2.01. The van der Waals surface area contributed by atoms with Crippen LogP contribution >= 0.6 is 15.9 Å². The maximum atomic E-state index is 11.5. The van der Waals surface area contributed by atoms with E-state index in [0.717, 1.165) is 30.3 Å². The lowest BCUT2D eigenvalue weighted by molar-refractivity contribution is -0.126. The lowest BCUT2D eigenvalue weighted by Crippen LogP contribution is -2.37. The molecule has 1 aliphatic heterocycles. The van der Waals surface area contributed by atoms with E-state index in [-0.39, 0.29) is 11.8 Å². The van der Waals surface area contributed by atoms with Crippen LogP contribution in [-0.4, -0.2) is 12.5 Å². The summed E-state index contributed by atoms with van der Waals surface area (Å²) in [6.45, 7) is 0.843. The molecule has 0 aromatic heterocycles. The van der Waals surface area contributed by atoms with E-state index < -0.39 is 0 Å². The number of hydrogen-bond acceptors (Lipinski definition) is 1. The first-order valence-electron chi connectivity index (χ1n) is 5.28. The lowest BCUT2D eigenvalue weighted by Gasteiger charge is -2.21. The standard InChI is InChI=1S/C12H14BrNO/c13-11-5-3-9(4-6-11)8-10-2-1-7-14-12(10)15/h3-6,10H,1-2,7-8H2,(H,14,15). The van der Waals surface area contributed by atoms with Gasteiger partial charge in [-0.1, -0.05) is 28.1 Å². The second kappa shape index (κ2) is 4.79. The quantitative estimate of drug-likeness (QED) is 0.877. The van der Waals surface area contributed by atoms with Crippen molar-refractivity contribution in [3.8, 4) is 0 Å². The number of nitrogens with one attached hydrogen (secondary N) is 1. The van der Waals surface area contributed by atoms with Crippen LogP contribution < -0.4 is 5.32 Å². The maximum Gasteiger partial charge on any atom is 0.223 e. The van der Waals surface area contributed by atoms with Gasteiger partial charge in [-0.15, -0.1) is 0 Å². The minimum absolute atomic E-state index is 0.167. The molecular formula is C12H14BrNO. The highest BCUT2D eigenvalue weighted by atomic mass is 79.9. The van der Waals surface area contributed by atoms with Crippen LogP contribution in [0.4, 0.5) is 0 Å². The molecule has 1 N–H and O–H groups in total. The molecule has 1 heterocycles. The van der Waals surface area contributed by atoms with E-state index in [1.165, 1.54) is 5.56 Å². The van der Waals surface area contributed by atoms with E-state index in [2.05, 4.69) is 33.4 Å². The van der Waals surface area contributed by atoms with Gasteiger partial charge in [0.05, 0.1) is 0 Å². The van der Waals surface area contributed by atoms with E-state index >= 15 is 0 Å². The zero-order valence-corrected chi connectivity index (χ0v) is 10.1. The number of amides is 1. The summed E-state index contributed by atoms with van der Waals surface area (Å²) in [6, 6.07) is 8.20. The molecule has 2 nitrogen and oxygen atoms in total. The third-order valence-corrected chi connectivity index (χ3v) is 3.32. The average Bonchev–Trinajstić information content (AvgIpc) is 2.25. The van der Waals surface area contributed by atoms with Crippen LogP contribution in [0.25, 0.3) is 0 Å². The summed E-state index contributed by atoms with van der Waals surface area (Å²) < 4.78 is 1.08. The molecule has 1 atom stereocenters. The minimum Gasteiger partial charge on any atom is -0.356 e. The predicted molar refractivity (Wildman–Crippen MR) is 63.6 cm³/mol. The number of carbonyl (C=O) groups is 1. The van der Waals surface area contributed by atoms with Crippen LogP contribution in [0.5, 0.6) is 0 Å². The van der Waals surface area contributed by atoms with E-state index in [0.29, 0.717) is 0 Å². The molecule has 1 unspecified atom stereocenters. The smallest absolute Gasteiger partial charge is 0.223 e. The fourth-order valence-electron chi connectivity index (χ4n) is 1.94. The van der Waals surface area contributed by atoms with Crippen LogP contribution in [0.15, 0.2) is 28.7 Å². The molecular weight excluding hydrogens is 254 g/mol. The van der Waals surface area contributed by atoms with E-state index in [9.17, 15) is 4.79 Å². The van der Waals surface area contributed by atoms with Crippen LogP contribution in [0.1, 0.15) is 18.4 Å². The average molecular weight is 268 g/mol. The number of hydrogen-bond donors (Lipinski definition) is 1. The van der Waals surface area contributed by atoms with Crippen LogP contribution in [-0.2, 0) is 11.2 Å². The third-order valence-electron chi connectivity index (χ3n) is 2.79. The van der Waals surface area contributed by atoms with Gasteiger partial charge in [0.2, 0.25) is 5.91 Å². The Bertz CT molecular complexity index is 347. The van der Waals surface area contributed by atoms with Gasteiger partial charge >= 0.3 is 0 Å². The lowest BCUT2D eigenvalue weighted by atomic mass is 9.92. The van der Waals surface area contributed by atoms with Gasteiger partial charge in [0.15, 0.2) is 0 Å². The highest BCUT2D eigenvalue weighted by Crippen LogP contribution is 2.19. The van der Waals surface area contributed by atoms with Crippen LogP contribution in [0.3, 0.4) is 0 Å². The molecule has 1 aromatic rings. The van der Waals surface area contributed by atoms with Crippen molar-refractivity contribution in [1.82, 2.24) is 5.32 Å². The van der Waals surface area contributed by atoms with Gasteiger partial charge in [-0.3, -0.25) is 4.79 Å². The van der Waals surface area contributed by atoms with Crippen molar-refractivity contribution in [2.24, 2.45) is 5.92 Å². The zero-order valence-electron chi connectivity index (χ0n) is 8.50. The van der Waals surface area contributed by atoms with Crippen LogP contribution in [0.2, 0.25) is 0 Å². The second-order valence-corrected chi connectivity index (χ2v) is 4.88. The molecule has 0 spiro atoms. The second-order valence-electron chi connectivity index (χ2n) is 3.96.